The Morgan fingerprint density at radius 2 is 1.89 bits per heavy atom. The Bertz CT molecular complexity index is 1030. The second-order valence-corrected chi connectivity index (χ2v) is 9.25. The maximum Gasteiger partial charge on any atom is 0.254 e. The van der Waals surface area contributed by atoms with Crippen LogP contribution in [0.4, 0.5) is 0 Å². The Morgan fingerprint density at radius 1 is 1.17 bits per heavy atom. The molecule has 0 saturated carbocycles. The molecule has 8 nitrogen and oxygen atoms in total. The van der Waals surface area contributed by atoms with Gasteiger partial charge in [-0.25, -0.2) is 0 Å². The fraction of sp³-hybridized carbons (Fsp3) is 0.500. The van der Waals surface area contributed by atoms with Crippen molar-refractivity contribution in [2.45, 2.75) is 57.2 Å². The van der Waals surface area contributed by atoms with Crippen LogP contribution in [0.1, 0.15) is 38.7 Å². The summed E-state index contributed by atoms with van der Waals surface area (Å²) in [6.45, 7) is 4.78. The number of hydrogen-bond donors (Lipinski definition) is 3. The summed E-state index contributed by atoms with van der Waals surface area (Å²) in [5, 5.41) is 7.97. The van der Waals surface area contributed by atoms with Gasteiger partial charge in [0, 0.05) is 26.6 Å². The third-order valence-corrected chi connectivity index (χ3v) is 6.41. The van der Waals surface area contributed by atoms with Crippen LogP contribution >= 0.6 is 12.4 Å². The van der Waals surface area contributed by atoms with Gasteiger partial charge < -0.3 is 26.0 Å². The minimum absolute atomic E-state index is 0. The maximum atomic E-state index is 13.3. The lowest BCUT2D eigenvalue weighted by Crippen LogP contribution is -2.56. The number of halogens is 1. The van der Waals surface area contributed by atoms with Crippen LogP contribution in [0.15, 0.2) is 42.5 Å². The molecule has 1 heterocycles. The van der Waals surface area contributed by atoms with Gasteiger partial charge in [0.1, 0.15) is 17.7 Å². The molecule has 3 rings (SSSR count). The number of benzene rings is 2. The molecule has 192 valence electrons. The first kappa shape index (κ1) is 28.6. The molecule has 3 amide bonds. The molecule has 2 aromatic rings. The Morgan fingerprint density at radius 3 is 2.57 bits per heavy atom. The van der Waals surface area contributed by atoms with Crippen LogP contribution in [0.3, 0.4) is 0 Å². The quantitative estimate of drug-likeness (QED) is 0.429. The van der Waals surface area contributed by atoms with Crippen molar-refractivity contribution < 1.29 is 19.1 Å². The molecule has 35 heavy (non-hydrogen) atoms. The zero-order valence-corrected chi connectivity index (χ0v) is 21.5. The third-order valence-electron chi connectivity index (χ3n) is 6.41. The first-order valence-corrected chi connectivity index (χ1v) is 11.9. The van der Waals surface area contributed by atoms with Crippen molar-refractivity contribution in [1.82, 2.24) is 15.5 Å². The number of nitrogens with zero attached hydrogens (tertiary/aromatic N) is 1. The number of nitrogens with two attached hydrogens (primary N) is 1. The fourth-order valence-electron chi connectivity index (χ4n) is 4.23. The van der Waals surface area contributed by atoms with Gasteiger partial charge in [-0.05, 0) is 56.0 Å². The van der Waals surface area contributed by atoms with Gasteiger partial charge in [0.05, 0.1) is 0 Å². The number of carbonyl (C=O) groups excluding carboxylic acids is 3. The Balaban J connectivity index is 0.00000432. The van der Waals surface area contributed by atoms with Crippen LogP contribution in [0.25, 0.3) is 10.8 Å². The van der Waals surface area contributed by atoms with Crippen molar-refractivity contribution in [3.8, 4) is 0 Å². The lowest BCUT2D eigenvalue weighted by Gasteiger charge is -2.32. The molecule has 9 heteroatoms. The van der Waals surface area contributed by atoms with E-state index >= 15 is 0 Å². The van der Waals surface area contributed by atoms with Crippen LogP contribution in [0, 0.1) is 0 Å². The molecule has 0 aliphatic carbocycles. The molecule has 2 atom stereocenters. The van der Waals surface area contributed by atoms with E-state index in [1.165, 1.54) is 7.11 Å². The molecule has 4 N–H and O–H groups in total. The van der Waals surface area contributed by atoms with Gasteiger partial charge in [0.2, 0.25) is 11.8 Å². The number of likely N-dealkylation sites (tertiary alicyclic amines) is 1. The van der Waals surface area contributed by atoms with Gasteiger partial charge in [-0.3, -0.25) is 14.4 Å². The lowest BCUT2D eigenvalue weighted by molar-refractivity contribution is -0.154. The number of nitrogens with one attached hydrogen (secondary N) is 2. The van der Waals surface area contributed by atoms with Gasteiger partial charge in [-0.15, -0.1) is 12.4 Å². The van der Waals surface area contributed by atoms with Crippen LogP contribution in [-0.4, -0.2) is 67.1 Å². The third kappa shape index (κ3) is 7.16. The average molecular weight is 505 g/mol. The van der Waals surface area contributed by atoms with Crippen LogP contribution < -0.4 is 16.4 Å². The van der Waals surface area contributed by atoms with Gasteiger partial charge in [-0.1, -0.05) is 42.5 Å². The molecule has 1 aliphatic heterocycles. The lowest BCUT2D eigenvalue weighted by atomic mass is 10.0. The number of ether oxygens (including phenoxy) is 1. The van der Waals surface area contributed by atoms with Gasteiger partial charge in [0.15, 0.2) is 0 Å². The molecule has 0 aromatic heterocycles. The summed E-state index contributed by atoms with van der Waals surface area (Å²) in [4.78, 5) is 40.8. The number of fused-ring (bicyclic) bond motifs is 1. The molecular weight excluding hydrogens is 468 g/mol. The SMILES string of the molecule is COC(C)(C)C(=O)N1CCCC1C(=O)N[C@H](Cc1ccc2ccccc2c1)C(=O)NCCCN.Cl. The van der Waals surface area contributed by atoms with Crippen molar-refractivity contribution >= 4 is 40.9 Å². The van der Waals surface area contributed by atoms with E-state index in [1.54, 1.807) is 18.7 Å². The zero-order valence-electron chi connectivity index (χ0n) is 20.7. The molecule has 1 aliphatic rings. The summed E-state index contributed by atoms with van der Waals surface area (Å²) in [6.07, 6.45) is 2.27. The molecule has 1 unspecified atom stereocenters. The number of carbonyl (C=O) groups is 3. The standard InChI is InChI=1S/C26H36N4O4.ClH/c1-26(2,34-3)25(33)30-15-6-10-22(30)24(32)29-21(23(31)28-14-7-13-27)17-18-11-12-19-8-4-5-9-20(19)16-18;/h4-5,8-9,11-12,16,21-22H,6-7,10,13-15,17,27H2,1-3H3,(H,28,31)(H,29,32);1H/t21-,22?;/m1./s1. The number of rotatable bonds is 10. The summed E-state index contributed by atoms with van der Waals surface area (Å²) in [6, 6.07) is 12.6. The molecule has 1 saturated heterocycles. The first-order chi connectivity index (χ1) is 16.3. The molecule has 1 fully saturated rings. The van der Waals surface area contributed by atoms with Gasteiger partial charge in [-0.2, -0.15) is 0 Å². The molecule has 0 spiro atoms. The summed E-state index contributed by atoms with van der Waals surface area (Å²) in [7, 11) is 1.48. The summed E-state index contributed by atoms with van der Waals surface area (Å²) < 4.78 is 5.33. The zero-order chi connectivity index (χ0) is 24.7. The second-order valence-electron chi connectivity index (χ2n) is 9.25. The van der Waals surface area contributed by atoms with Crippen LogP contribution in [-0.2, 0) is 25.5 Å². The normalized spacial score (nSPS) is 16.5. The fourth-order valence-corrected chi connectivity index (χ4v) is 4.23. The minimum Gasteiger partial charge on any atom is -0.369 e. The number of methoxy groups -OCH3 is 1. The highest BCUT2D eigenvalue weighted by atomic mass is 35.5. The molecule has 0 radical (unpaired) electrons. The monoisotopic (exact) mass is 504 g/mol. The summed E-state index contributed by atoms with van der Waals surface area (Å²) in [5.74, 6) is -0.813. The van der Waals surface area contributed by atoms with Crippen molar-refractivity contribution in [2.75, 3.05) is 26.7 Å². The number of hydrogen-bond acceptors (Lipinski definition) is 5. The van der Waals surface area contributed by atoms with E-state index < -0.39 is 17.7 Å². The highest BCUT2D eigenvalue weighted by Gasteiger charge is 2.41. The van der Waals surface area contributed by atoms with E-state index in [1.807, 2.05) is 42.5 Å². The summed E-state index contributed by atoms with van der Waals surface area (Å²) in [5.41, 5.74) is 5.47. The molecule has 2 aromatic carbocycles. The smallest absolute Gasteiger partial charge is 0.254 e. The Hall–Kier alpha value is -2.68. The predicted octanol–water partition coefficient (Wildman–Crippen LogP) is 2.17. The van der Waals surface area contributed by atoms with E-state index in [4.69, 9.17) is 10.5 Å². The maximum absolute atomic E-state index is 13.3. The van der Waals surface area contributed by atoms with E-state index in [-0.39, 0.29) is 30.1 Å². The van der Waals surface area contributed by atoms with Crippen molar-refractivity contribution in [1.29, 1.82) is 0 Å². The van der Waals surface area contributed by atoms with E-state index in [0.29, 0.717) is 38.9 Å². The Kier molecular flexibility index (Phi) is 10.5. The number of amides is 3. The van der Waals surface area contributed by atoms with E-state index in [0.717, 1.165) is 22.8 Å². The summed E-state index contributed by atoms with van der Waals surface area (Å²) >= 11 is 0. The van der Waals surface area contributed by atoms with Crippen LogP contribution in [0.5, 0.6) is 0 Å². The van der Waals surface area contributed by atoms with Crippen molar-refractivity contribution in [3.63, 3.8) is 0 Å². The minimum atomic E-state index is -1.02. The highest BCUT2D eigenvalue weighted by molar-refractivity contribution is 5.94. The van der Waals surface area contributed by atoms with Gasteiger partial charge in [0.25, 0.3) is 5.91 Å². The first-order valence-electron chi connectivity index (χ1n) is 11.9. The van der Waals surface area contributed by atoms with Crippen molar-refractivity contribution in [2.24, 2.45) is 5.73 Å². The Labute approximate surface area is 213 Å². The van der Waals surface area contributed by atoms with E-state index in [9.17, 15) is 14.4 Å². The molecule has 0 bridgehead atoms. The van der Waals surface area contributed by atoms with Crippen molar-refractivity contribution in [3.05, 3.63) is 48.0 Å². The highest BCUT2D eigenvalue weighted by Crippen LogP contribution is 2.23. The predicted molar refractivity (Wildman–Crippen MR) is 139 cm³/mol. The second kappa shape index (κ2) is 12.9. The van der Waals surface area contributed by atoms with E-state index in [2.05, 4.69) is 10.6 Å². The largest absolute Gasteiger partial charge is 0.369 e. The average Bonchev–Trinajstić information content (AvgIpc) is 3.33. The molecular formula is C26H37ClN4O4. The van der Waals surface area contributed by atoms with Crippen LogP contribution in [0.2, 0.25) is 0 Å². The topological polar surface area (TPSA) is 114 Å². The van der Waals surface area contributed by atoms with Gasteiger partial charge >= 0.3 is 0 Å².